The highest BCUT2D eigenvalue weighted by Gasteiger charge is 2.19. The van der Waals surface area contributed by atoms with E-state index in [9.17, 15) is 9.59 Å². The zero-order valence-electron chi connectivity index (χ0n) is 16.7. The third-order valence-electron chi connectivity index (χ3n) is 5.47. The van der Waals surface area contributed by atoms with Crippen LogP contribution in [0, 0.1) is 0 Å². The van der Waals surface area contributed by atoms with Gasteiger partial charge in [-0.2, -0.15) is 0 Å². The van der Waals surface area contributed by atoms with Crippen LogP contribution in [0.3, 0.4) is 0 Å². The maximum atomic E-state index is 13.7. The molecule has 5 aromatic rings. The van der Waals surface area contributed by atoms with Gasteiger partial charge in [0.1, 0.15) is 11.2 Å². The molecule has 0 aliphatic carbocycles. The van der Waals surface area contributed by atoms with Crippen molar-refractivity contribution in [2.24, 2.45) is 7.05 Å². The SMILES string of the molecule is Cn1c2ccccc2c(=O)c2c(=O)n(Cc3ccccc3)c(-c3cccc(Br)c3)nc21. The Balaban J connectivity index is 1.92. The number of rotatable bonds is 3. The van der Waals surface area contributed by atoms with Gasteiger partial charge in [-0.3, -0.25) is 14.2 Å². The monoisotopic (exact) mass is 471 g/mol. The molecule has 0 aliphatic heterocycles. The minimum Gasteiger partial charge on any atom is -0.328 e. The summed E-state index contributed by atoms with van der Waals surface area (Å²) in [6, 6.07) is 24.7. The number of halogens is 1. The molecule has 152 valence electrons. The van der Waals surface area contributed by atoms with Crippen molar-refractivity contribution in [2.45, 2.75) is 6.54 Å². The number of fused-ring (bicyclic) bond motifs is 2. The highest BCUT2D eigenvalue weighted by atomic mass is 79.9. The second-order valence-electron chi connectivity index (χ2n) is 7.43. The van der Waals surface area contributed by atoms with Gasteiger partial charge in [-0.05, 0) is 29.8 Å². The van der Waals surface area contributed by atoms with Crippen molar-refractivity contribution in [3.8, 4) is 11.4 Å². The fourth-order valence-electron chi connectivity index (χ4n) is 3.95. The van der Waals surface area contributed by atoms with E-state index in [1.54, 1.807) is 16.7 Å². The van der Waals surface area contributed by atoms with E-state index in [1.165, 1.54) is 0 Å². The molecule has 0 unspecified atom stereocenters. The van der Waals surface area contributed by atoms with Crippen molar-refractivity contribution in [1.82, 2.24) is 14.1 Å². The molecule has 0 aliphatic rings. The van der Waals surface area contributed by atoms with Crippen molar-refractivity contribution in [2.75, 3.05) is 0 Å². The Morgan fingerprint density at radius 3 is 2.42 bits per heavy atom. The lowest BCUT2D eigenvalue weighted by atomic mass is 10.1. The van der Waals surface area contributed by atoms with Gasteiger partial charge in [-0.1, -0.05) is 70.5 Å². The second kappa shape index (κ2) is 7.63. The maximum absolute atomic E-state index is 13.7. The molecule has 5 nitrogen and oxygen atoms in total. The average molecular weight is 472 g/mol. The van der Waals surface area contributed by atoms with Crippen LogP contribution in [0.15, 0.2) is 92.9 Å². The zero-order valence-corrected chi connectivity index (χ0v) is 18.3. The molecule has 0 saturated carbocycles. The highest BCUT2D eigenvalue weighted by Crippen LogP contribution is 2.24. The predicted octanol–water partition coefficient (Wildman–Crippen LogP) is 4.73. The molecule has 3 aromatic carbocycles. The van der Waals surface area contributed by atoms with Crippen LogP contribution in [0.25, 0.3) is 33.3 Å². The van der Waals surface area contributed by atoms with Crippen LogP contribution in [0.1, 0.15) is 5.56 Å². The fraction of sp³-hybridized carbons (Fsp3) is 0.0800. The number of hydrogen-bond acceptors (Lipinski definition) is 3. The van der Waals surface area contributed by atoms with Gasteiger partial charge in [0.15, 0.2) is 5.65 Å². The second-order valence-corrected chi connectivity index (χ2v) is 8.34. The van der Waals surface area contributed by atoms with Crippen molar-refractivity contribution >= 4 is 37.9 Å². The summed E-state index contributed by atoms with van der Waals surface area (Å²) in [6.45, 7) is 0.320. The lowest BCUT2D eigenvalue weighted by Gasteiger charge is -2.16. The van der Waals surface area contributed by atoms with Crippen molar-refractivity contribution in [3.05, 3.63) is 109 Å². The molecule has 0 spiro atoms. The molecule has 0 atom stereocenters. The van der Waals surface area contributed by atoms with E-state index in [2.05, 4.69) is 15.9 Å². The molecule has 0 fully saturated rings. The molecule has 31 heavy (non-hydrogen) atoms. The minimum absolute atomic E-state index is 0.107. The molecular formula is C25H18BrN3O2. The largest absolute Gasteiger partial charge is 0.328 e. The minimum atomic E-state index is -0.338. The average Bonchev–Trinajstić information content (AvgIpc) is 2.79. The summed E-state index contributed by atoms with van der Waals surface area (Å²) < 4.78 is 4.30. The quantitative estimate of drug-likeness (QED) is 0.357. The Hall–Kier alpha value is -3.51. The number of aryl methyl sites for hydroxylation is 1. The third kappa shape index (κ3) is 3.29. The van der Waals surface area contributed by atoms with E-state index in [1.807, 2.05) is 78.3 Å². The van der Waals surface area contributed by atoms with E-state index in [0.29, 0.717) is 23.4 Å². The first kappa shape index (κ1) is 19.5. The van der Waals surface area contributed by atoms with Crippen LogP contribution in [0.2, 0.25) is 0 Å². The van der Waals surface area contributed by atoms with Gasteiger partial charge in [0.2, 0.25) is 5.43 Å². The summed E-state index contributed by atoms with van der Waals surface area (Å²) in [5.74, 6) is 0.521. The zero-order chi connectivity index (χ0) is 21.5. The number of hydrogen-bond donors (Lipinski definition) is 0. The highest BCUT2D eigenvalue weighted by molar-refractivity contribution is 9.10. The Kier molecular flexibility index (Phi) is 4.79. The van der Waals surface area contributed by atoms with Crippen molar-refractivity contribution < 1.29 is 0 Å². The van der Waals surface area contributed by atoms with Gasteiger partial charge in [-0.25, -0.2) is 4.98 Å². The Morgan fingerprint density at radius 1 is 0.903 bits per heavy atom. The van der Waals surface area contributed by atoms with Gasteiger partial charge in [-0.15, -0.1) is 0 Å². The number of pyridine rings is 1. The first-order valence-corrected chi connectivity index (χ1v) is 10.7. The van der Waals surface area contributed by atoms with Gasteiger partial charge in [0.25, 0.3) is 5.56 Å². The number of benzene rings is 3. The number of para-hydroxylation sites is 1. The molecule has 5 rings (SSSR count). The van der Waals surface area contributed by atoms with Gasteiger partial charge in [0.05, 0.1) is 12.1 Å². The van der Waals surface area contributed by atoms with E-state index in [0.717, 1.165) is 21.1 Å². The molecule has 0 amide bonds. The van der Waals surface area contributed by atoms with Crippen LogP contribution >= 0.6 is 15.9 Å². The normalized spacial score (nSPS) is 11.3. The molecule has 6 heteroatoms. The van der Waals surface area contributed by atoms with E-state index in [-0.39, 0.29) is 16.4 Å². The summed E-state index contributed by atoms with van der Waals surface area (Å²) >= 11 is 3.51. The van der Waals surface area contributed by atoms with Crippen molar-refractivity contribution in [3.63, 3.8) is 0 Å². The Bertz CT molecular complexity index is 1570. The summed E-state index contributed by atoms with van der Waals surface area (Å²) in [7, 11) is 1.84. The summed E-state index contributed by atoms with van der Waals surface area (Å²) in [6.07, 6.45) is 0. The Labute approximate surface area is 186 Å². The first-order valence-electron chi connectivity index (χ1n) is 9.87. The van der Waals surface area contributed by atoms with Gasteiger partial charge in [0, 0.05) is 22.5 Å². The standard InChI is InChI=1S/C25H18BrN3O2/c1-28-20-13-6-5-12-19(20)22(30)21-24(28)27-23(17-10-7-11-18(26)14-17)29(25(21)31)15-16-8-3-2-4-9-16/h2-14H,15H2,1H3. The third-order valence-corrected chi connectivity index (χ3v) is 5.96. The van der Waals surface area contributed by atoms with E-state index in [4.69, 9.17) is 4.98 Å². The van der Waals surface area contributed by atoms with Crippen LogP contribution in [-0.2, 0) is 13.6 Å². The summed E-state index contributed by atoms with van der Waals surface area (Å²) in [5, 5.41) is 0.619. The smallest absolute Gasteiger partial charge is 0.267 e. The van der Waals surface area contributed by atoms with Crippen molar-refractivity contribution in [1.29, 1.82) is 0 Å². The topological polar surface area (TPSA) is 56.9 Å². The maximum Gasteiger partial charge on any atom is 0.267 e. The summed E-state index contributed by atoms with van der Waals surface area (Å²) in [4.78, 5) is 31.9. The lowest BCUT2D eigenvalue weighted by Crippen LogP contribution is -2.29. The van der Waals surface area contributed by atoms with Crippen LogP contribution in [-0.4, -0.2) is 14.1 Å². The Morgan fingerprint density at radius 2 is 1.65 bits per heavy atom. The number of aromatic nitrogens is 3. The summed E-state index contributed by atoms with van der Waals surface area (Å²) in [5.41, 5.74) is 2.25. The first-order chi connectivity index (χ1) is 15.0. The molecule has 2 aromatic heterocycles. The molecule has 0 saturated heterocycles. The van der Waals surface area contributed by atoms with E-state index < -0.39 is 0 Å². The fourth-order valence-corrected chi connectivity index (χ4v) is 4.35. The van der Waals surface area contributed by atoms with Crippen LogP contribution < -0.4 is 11.0 Å². The van der Waals surface area contributed by atoms with Gasteiger partial charge < -0.3 is 4.57 Å². The molecular weight excluding hydrogens is 454 g/mol. The number of nitrogens with zero attached hydrogens (tertiary/aromatic N) is 3. The predicted molar refractivity (Wildman–Crippen MR) is 127 cm³/mol. The molecule has 0 radical (unpaired) electrons. The van der Waals surface area contributed by atoms with Crippen LogP contribution in [0.5, 0.6) is 0 Å². The molecule has 0 N–H and O–H groups in total. The van der Waals surface area contributed by atoms with E-state index >= 15 is 0 Å². The van der Waals surface area contributed by atoms with Gasteiger partial charge >= 0.3 is 0 Å². The van der Waals surface area contributed by atoms with Crippen LogP contribution in [0.4, 0.5) is 0 Å². The molecule has 2 heterocycles. The lowest BCUT2D eigenvalue weighted by molar-refractivity contribution is 0.754. The molecule has 0 bridgehead atoms.